The Labute approximate surface area is 120 Å². The molecule has 1 amide bonds. The van der Waals surface area contributed by atoms with Gasteiger partial charge in [-0.15, -0.1) is 0 Å². The molecule has 0 spiro atoms. The van der Waals surface area contributed by atoms with E-state index in [1.807, 2.05) is 0 Å². The molecule has 0 aliphatic heterocycles. The molecule has 0 heterocycles. The highest BCUT2D eigenvalue weighted by atomic mass is 19.1. The van der Waals surface area contributed by atoms with Crippen molar-refractivity contribution in [2.75, 3.05) is 11.9 Å². The number of anilines is 1. The molecule has 2 N–H and O–H groups in total. The third-order valence-electron chi connectivity index (χ3n) is 2.65. The zero-order valence-electron chi connectivity index (χ0n) is 11.0. The van der Waals surface area contributed by atoms with Gasteiger partial charge in [-0.3, -0.25) is 4.79 Å². The Hall–Kier alpha value is -2.47. The minimum atomic E-state index is -0.667. The Morgan fingerprint density at radius 1 is 1.19 bits per heavy atom. The molecule has 0 saturated carbocycles. The zero-order valence-corrected chi connectivity index (χ0v) is 11.0. The standard InChI is InChI=1S/C15H13F2NO3/c16-11-2-1-3-12(7-11)18-15(20)9-21-14-5-4-10(8-19)6-13(14)17/h1-7,19H,8-9H2,(H,18,20). The quantitative estimate of drug-likeness (QED) is 0.890. The van der Waals surface area contributed by atoms with E-state index in [2.05, 4.69) is 5.32 Å². The van der Waals surface area contributed by atoms with E-state index < -0.39 is 24.1 Å². The third-order valence-corrected chi connectivity index (χ3v) is 2.65. The Balaban J connectivity index is 1.92. The van der Waals surface area contributed by atoms with Crippen LogP contribution in [0.25, 0.3) is 0 Å². The van der Waals surface area contributed by atoms with Crippen LogP contribution in [0, 0.1) is 11.6 Å². The lowest BCUT2D eigenvalue weighted by atomic mass is 10.2. The molecule has 0 bridgehead atoms. The number of halogens is 2. The molecule has 0 radical (unpaired) electrons. The molecular formula is C15H13F2NO3. The SMILES string of the molecule is O=C(COc1ccc(CO)cc1F)Nc1cccc(F)c1. The number of hydrogen-bond donors (Lipinski definition) is 2. The number of hydrogen-bond acceptors (Lipinski definition) is 3. The van der Waals surface area contributed by atoms with Crippen molar-refractivity contribution in [1.82, 2.24) is 0 Å². The average Bonchev–Trinajstić information content (AvgIpc) is 2.46. The molecule has 110 valence electrons. The summed E-state index contributed by atoms with van der Waals surface area (Å²) in [6.45, 7) is -0.691. The van der Waals surface area contributed by atoms with Gasteiger partial charge in [0.15, 0.2) is 18.2 Å². The number of aliphatic hydroxyl groups excluding tert-OH is 1. The molecular weight excluding hydrogens is 280 g/mol. The monoisotopic (exact) mass is 293 g/mol. The highest BCUT2D eigenvalue weighted by molar-refractivity contribution is 5.91. The smallest absolute Gasteiger partial charge is 0.262 e. The first kappa shape index (κ1) is 14.9. The number of nitrogens with one attached hydrogen (secondary N) is 1. The predicted molar refractivity (Wildman–Crippen MR) is 72.8 cm³/mol. The Bertz CT molecular complexity index is 647. The Morgan fingerprint density at radius 3 is 2.67 bits per heavy atom. The fourth-order valence-electron chi connectivity index (χ4n) is 1.67. The zero-order chi connectivity index (χ0) is 15.2. The summed E-state index contributed by atoms with van der Waals surface area (Å²) in [6, 6.07) is 9.34. The van der Waals surface area contributed by atoms with Crippen LogP contribution < -0.4 is 10.1 Å². The fourth-order valence-corrected chi connectivity index (χ4v) is 1.67. The number of rotatable bonds is 5. The van der Waals surface area contributed by atoms with Gasteiger partial charge in [-0.2, -0.15) is 0 Å². The van der Waals surface area contributed by atoms with E-state index >= 15 is 0 Å². The van der Waals surface area contributed by atoms with Gasteiger partial charge in [0.05, 0.1) is 6.61 Å². The van der Waals surface area contributed by atoms with Crippen LogP contribution in [0.2, 0.25) is 0 Å². The summed E-state index contributed by atoms with van der Waals surface area (Å²) in [6.07, 6.45) is 0. The lowest BCUT2D eigenvalue weighted by molar-refractivity contribution is -0.118. The molecule has 2 aromatic rings. The second-order valence-corrected chi connectivity index (χ2v) is 4.27. The summed E-state index contributed by atoms with van der Waals surface area (Å²) in [5, 5.41) is 11.3. The van der Waals surface area contributed by atoms with E-state index in [-0.39, 0.29) is 12.4 Å². The first-order valence-electron chi connectivity index (χ1n) is 6.16. The van der Waals surface area contributed by atoms with Crippen molar-refractivity contribution in [2.45, 2.75) is 6.61 Å². The van der Waals surface area contributed by atoms with Crippen molar-refractivity contribution >= 4 is 11.6 Å². The lowest BCUT2D eigenvalue weighted by Gasteiger charge is -2.09. The van der Waals surface area contributed by atoms with E-state index in [4.69, 9.17) is 9.84 Å². The van der Waals surface area contributed by atoms with Gasteiger partial charge >= 0.3 is 0 Å². The van der Waals surface area contributed by atoms with Crippen LogP contribution in [-0.4, -0.2) is 17.6 Å². The molecule has 0 unspecified atom stereocenters. The maximum absolute atomic E-state index is 13.5. The second-order valence-electron chi connectivity index (χ2n) is 4.27. The molecule has 21 heavy (non-hydrogen) atoms. The second kappa shape index (κ2) is 6.81. The number of carbonyl (C=O) groups excluding carboxylic acids is 1. The van der Waals surface area contributed by atoms with Crippen molar-refractivity contribution < 1.29 is 23.4 Å². The van der Waals surface area contributed by atoms with Gasteiger partial charge in [0.2, 0.25) is 0 Å². The molecule has 0 fully saturated rings. The molecule has 0 aliphatic carbocycles. The molecule has 2 aromatic carbocycles. The lowest BCUT2D eigenvalue weighted by Crippen LogP contribution is -2.20. The summed E-state index contributed by atoms with van der Waals surface area (Å²) in [5.74, 6) is -1.77. The molecule has 0 aromatic heterocycles. The first-order chi connectivity index (χ1) is 10.1. The number of carbonyl (C=O) groups is 1. The third kappa shape index (κ3) is 4.25. The fraction of sp³-hybridized carbons (Fsp3) is 0.133. The van der Waals surface area contributed by atoms with Crippen molar-refractivity contribution in [3.63, 3.8) is 0 Å². The van der Waals surface area contributed by atoms with E-state index in [0.29, 0.717) is 11.3 Å². The average molecular weight is 293 g/mol. The van der Waals surface area contributed by atoms with Gasteiger partial charge in [-0.25, -0.2) is 8.78 Å². The van der Waals surface area contributed by atoms with Crippen LogP contribution >= 0.6 is 0 Å². The van der Waals surface area contributed by atoms with E-state index in [0.717, 1.165) is 12.1 Å². The van der Waals surface area contributed by atoms with Crippen LogP contribution in [0.15, 0.2) is 42.5 Å². The molecule has 0 saturated heterocycles. The van der Waals surface area contributed by atoms with Crippen LogP contribution in [0.5, 0.6) is 5.75 Å². The number of amides is 1. The van der Waals surface area contributed by atoms with Crippen LogP contribution in [0.1, 0.15) is 5.56 Å². The normalized spacial score (nSPS) is 10.2. The van der Waals surface area contributed by atoms with Gasteiger partial charge < -0.3 is 15.2 Å². The number of aliphatic hydroxyl groups is 1. The van der Waals surface area contributed by atoms with Crippen molar-refractivity contribution in [2.24, 2.45) is 0 Å². The minimum Gasteiger partial charge on any atom is -0.481 e. The van der Waals surface area contributed by atoms with Crippen LogP contribution in [0.4, 0.5) is 14.5 Å². The highest BCUT2D eigenvalue weighted by Crippen LogP contribution is 2.18. The molecule has 2 rings (SSSR count). The molecule has 6 heteroatoms. The Morgan fingerprint density at radius 2 is 2.00 bits per heavy atom. The van der Waals surface area contributed by atoms with Crippen molar-refractivity contribution in [1.29, 1.82) is 0 Å². The summed E-state index contributed by atoms with van der Waals surface area (Å²) >= 11 is 0. The van der Waals surface area contributed by atoms with E-state index in [9.17, 15) is 13.6 Å². The largest absolute Gasteiger partial charge is 0.481 e. The summed E-state index contributed by atoms with van der Waals surface area (Å²) in [4.78, 5) is 11.6. The maximum Gasteiger partial charge on any atom is 0.262 e. The molecule has 0 atom stereocenters. The summed E-state index contributed by atoms with van der Waals surface area (Å²) in [5.41, 5.74) is 0.698. The number of ether oxygens (including phenoxy) is 1. The van der Waals surface area contributed by atoms with Gasteiger partial charge in [0, 0.05) is 5.69 Å². The Kier molecular flexibility index (Phi) is 4.84. The van der Waals surface area contributed by atoms with Crippen molar-refractivity contribution in [3.8, 4) is 5.75 Å². The van der Waals surface area contributed by atoms with Crippen LogP contribution in [0.3, 0.4) is 0 Å². The maximum atomic E-state index is 13.5. The van der Waals surface area contributed by atoms with Gasteiger partial charge in [-0.1, -0.05) is 12.1 Å². The van der Waals surface area contributed by atoms with Gasteiger partial charge in [-0.05, 0) is 35.9 Å². The topological polar surface area (TPSA) is 58.6 Å². The van der Waals surface area contributed by atoms with Crippen molar-refractivity contribution in [3.05, 3.63) is 59.7 Å². The van der Waals surface area contributed by atoms with Crippen LogP contribution in [-0.2, 0) is 11.4 Å². The molecule has 4 nitrogen and oxygen atoms in total. The first-order valence-corrected chi connectivity index (χ1v) is 6.16. The summed E-state index contributed by atoms with van der Waals surface area (Å²) < 4.78 is 31.5. The minimum absolute atomic E-state index is 0.0957. The molecule has 0 aliphatic rings. The highest BCUT2D eigenvalue weighted by Gasteiger charge is 2.08. The summed E-state index contributed by atoms with van der Waals surface area (Å²) in [7, 11) is 0. The van der Waals surface area contributed by atoms with E-state index in [1.54, 1.807) is 0 Å². The van der Waals surface area contributed by atoms with Gasteiger partial charge in [0.1, 0.15) is 5.82 Å². The number of benzene rings is 2. The predicted octanol–water partition coefficient (Wildman–Crippen LogP) is 2.47. The van der Waals surface area contributed by atoms with Gasteiger partial charge in [0.25, 0.3) is 5.91 Å². The van der Waals surface area contributed by atoms with E-state index in [1.165, 1.54) is 30.3 Å².